The van der Waals surface area contributed by atoms with Gasteiger partial charge in [0.2, 0.25) is 11.8 Å². The maximum absolute atomic E-state index is 14.4. The van der Waals surface area contributed by atoms with E-state index in [-0.39, 0.29) is 18.4 Å². The number of rotatable bonds is 3. The van der Waals surface area contributed by atoms with Crippen LogP contribution in [0.4, 0.5) is 14.5 Å². The number of nitrogens with zero attached hydrogens (tertiary/aromatic N) is 2. The maximum atomic E-state index is 14.4. The van der Waals surface area contributed by atoms with Crippen LogP contribution in [0.1, 0.15) is 24.3 Å². The molecular formula is C15H16F2N2O4. The van der Waals surface area contributed by atoms with Gasteiger partial charge in [-0.05, 0) is 18.6 Å². The number of halogens is 2. The molecule has 3 rings (SSSR count). The summed E-state index contributed by atoms with van der Waals surface area (Å²) in [5.74, 6) is -4.22. The van der Waals surface area contributed by atoms with E-state index in [9.17, 15) is 23.5 Å². The Bertz CT molecular complexity index is 638. The highest BCUT2D eigenvalue weighted by atomic mass is 19.1. The van der Waals surface area contributed by atoms with Gasteiger partial charge in [-0.2, -0.15) is 0 Å². The van der Waals surface area contributed by atoms with Gasteiger partial charge < -0.3 is 15.1 Å². The smallest absolute Gasteiger partial charge is 0.238 e. The Labute approximate surface area is 130 Å². The van der Waals surface area contributed by atoms with Crippen LogP contribution in [0.5, 0.6) is 0 Å². The fraction of sp³-hybridized carbons (Fsp3) is 0.467. The van der Waals surface area contributed by atoms with E-state index in [1.54, 1.807) is 4.90 Å². The van der Waals surface area contributed by atoms with Gasteiger partial charge in [0.05, 0.1) is 12.0 Å². The summed E-state index contributed by atoms with van der Waals surface area (Å²) >= 11 is 0. The summed E-state index contributed by atoms with van der Waals surface area (Å²) in [7, 11) is 0. The number of aliphatic hydroxyl groups is 2. The number of benzene rings is 1. The average molecular weight is 326 g/mol. The third-order valence-electron chi connectivity index (χ3n) is 4.29. The van der Waals surface area contributed by atoms with E-state index in [1.165, 1.54) is 0 Å². The number of β-amino-alcohol motifs (C(OH)–C–C–N with tert-alkyl or cyclic N) is 1. The van der Waals surface area contributed by atoms with Gasteiger partial charge in [0.1, 0.15) is 18.4 Å². The second-order valence-corrected chi connectivity index (χ2v) is 5.77. The van der Waals surface area contributed by atoms with Crippen molar-refractivity contribution in [3.63, 3.8) is 0 Å². The van der Waals surface area contributed by atoms with Crippen molar-refractivity contribution in [2.45, 2.75) is 24.9 Å². The molecule has 2 amide bonds. The van der Waals surface area contributed by atoms with Gasteiger partial charge in [-0.15, -0.1) is 0 Å². The van der Waals surface area contributed by atoms with Crippen molar-refractivity contribution in [3.8, 4) is 0 Å². The topological polar surface area (TPSA) is 81.1 Å². The minimum absolute atomic E-state index is 0.00375. The highest BCUT2D eigenvalue weighted by Gasteiger charge is 2.38. The minimum atomic E-state index is -1.13. The number of hydrogen-bond donors (Lipinski definition) is 2. The van der Waals surface area contributed by atoms with E-state index < -0.39 is 42.2 Å². The van der Waals surface area contributed by atoms with Crippen molar-refractivity contribution in [3.05, 3.63) is 29.3 Å². The number of carbonyl (C=O) groups excluding carboxylic acids is 2. The lowest BCUT2D eigenvalue weighted by Crippen LogP contribution is -2.51. The van der Waals surface area contributed by atoms with Crippen LogP contribution in [-0.4, -0.2) is 52.9 Å². The predicted molar refractivity (Wildman–Crippen MR) is 75.5 cm³/mol. The van der Waals surface area contributed by atoms with Crippen LogP contribution in [0.3, 0.4) is 0 Å². The molecule has 0 saturated carbocycles. The molecule has 124 valence electrons. The third kappa shape index (κ3) is 2.68. The lowest BCUT2D eigenvalue weighted by atomic mass is 9.88. The van der Waals surface area contributed by atoms with Crippen LogP contribution in [-0.2, 0) is 9.59 Å². The lowest BCUT2D eigenvalue weighted by Gasteiger charge is -2.38. The third-order valence-corrected chi connectivity index (χ3v) is 4.29. The number of imide groups is 1. The molecule has 23 heavy (non-hydrogen) atoms. The average Bonchev–Trinajstić information content (AvgIpc) is 2.46. The van der Waals surface area contributed by atoms with Crippen molar-refractivity contribution in [2.75, 3.05) is 24.7 Å². The van der Waals surface area contributed by atoms with Gasteiger partial charge in [-0.25, -0.2) is 8.78 Å². The highest BCUT2D eigenvalue weighted by Crippen LogP contribution is 2.35. The molecule has 0 spiro atoms. The minimum Gasteiger partial charge on any atom is -0.389 e. The second kappa shape index (κ2) is 5.86. The quantitative estimate of drug-likeness (QED) is 0.783. The van der Waals surface area contributed by atoms with Crippen molar-refractivity contribution in [2.24, 2.45) is 0 Å². The monoisotopic (exact) mass is 326 g/mol. The first-order valence-electron chi connectivity index (χ1n) is 7.29. The summed E-state index contributed by atoms with van der Waals surface area (Å²) in [6.45, 7) is -0.206. The summed E-state index contributed by atoms with van der Waals surface area (Å²) in [4.78, 5) is 25.9. The highest BCUT2D eigenvalue weighted by molar-refractivity contribution is 6.01. The molecule has 0 aromatic heterocycles. The molecule has 1 atom stereocenters. The largest absolute Gasteiger partial charge is 0.389 e. The zero-order chi connectivity index (χ0) is 16.7. The molecule has 0 radical (unpaired) electrons. The summed E-state index contributed by atoms with van der Waals surface area (Å²) in [5, 5.41) is 18.3. The number of piperidine rings is 1. The molecule has 1 aromatic rings. The van der Waals surface area contributed by atoms with Gasteiger partial charge in [-0.3, -0.25) is 14.5 Å². The van der Waals surface area contributed by atoms with Gasteiger partial charge in [0.15, 0.2) is 0 Å². The zero-order valence-corrected chi connectivity index (χ0v) is 12.2. The fourth-order valence-corrected chi connectivity index (χ4v) is 3.01. The normalized spacial score (nSPS) is 22.5. The van der Waals surface area contributed by atoms with E-state index in [2.05, 4.69) is 0 Å². The Morgan fingerprint density at radius 2 is 1.78 bits per heavy atom. The van der Waals surface area contributed by atoms with Crippen molar-refractivity contribution < 1.29 is 28.6 Å². The Morgan fingerprint density at radius 1 is 1.17 bits per heavy atom. The van der Waals surface area contributed by atoms with E-state index in [0.29, 0.717) is 23.7 Å². The number of aliphatic hydroxyl groups excluding tert-OH is 2. The summed E-state index contributed by atoms with van der Waals surface area (Å²) in [6, 6.07) is 2.24. The first-order chi connectivity index (χ1) is 10.9. The van der Waals surface area contributed by atoms with Crippen molar-refractivity contribution >= 4 is 17.5 Å². The number of anilines is 1. The van der Waals surface area contributed by atoms with Gasteiger partial charge >= 0.3 is 0 Å². The van der Waals surface area contributed by atoms with Gasteiger partial charge in [-0.1, -0.05) is 0 Å². The summed E-state index contributed by atoms with van der Waals surface area (Å²) < 4.78 is 28.7. The van der Waals surface area contributed by atoms with Gasteiger partial charge in [0, 0.05) is 30.8 Å². The van der Waals surface area contributed by atoms with Crippen LogP contribution >= 0.6 is 0 Å². The van der Waals surface area contributed by atoms with Crippen molar-refractivity contribution in [1.82, 2.24) is 4.90 Å². The molecule has 0 aliphatic carbocycles. The SMILES string of the molecule is O=C1CCC(c2c(F)cc(N3CC(O)C3)cc2F)C(=O)N1CO. The number of likely N-dealkylation sites (tertiary alicyclic amines) is 1. The molecule has 8 heteroatoms. The Kier molecular flexibility index (Phi) is 4.03. The van der Waals surface area contributed by atoms with Crippen molar-refractivity contribution in [1.29, 1.82) is 0 Å². The first-order valence-corrected chi connectivity index (χ1v) is 7.29. The van der Waals surface area contributed by atoms with E-state index in [4.69, 9.17) is 5.11 Å². The summed E-state index contributed by atoms with van der Waals surface area (Å²) in [5.41, 5.74) is -0.0850. The molecule has 2 saturated heterocycles. The Hall–Kier alpha value is -2.06. The number of amides is 2. The Balaban J connectivity index is 1.91. The summed E-state index contributed by atoms with van der Waals surface area (Å²) in [6.07, 6.45) is -0.565. The molecule has 2 N–H and O–H groups in total. The molecular weight excluding hydrogens is 310 g/mol. The number of carbonyl (C=O) groups is 2. The molecule has 2 aliphatic heterocycles. The van der Waals surface area contributed by atoms with Crippen LogP contribution in [0.25, 0.3) is 0 Å². The van der Waals surface area contributed by atoms with E-state index >= 15 is 0 Å². The molecule has 0 bridgehead atoms. The number of hydrogen-bond acceptors (Lipinski definition) is 5. The molecule has 1 aromatic carbocycles. The maximum Gasteiger partial charge on any atom is 0.238 e. The molecule has 2 aliphatic rings. The second-order valence-electron chi connectivity index (χ2n) is 5.77. The first kappa shape index (κ1) is 15.8. The zero-order valence-electron chi connectivity index (χ0n) is 12.2. The van der Waals surface area contributed by atoms with Crippen LogP contribution in [0, 0.1) is 11.6 Å². The molecule has 2 heterocycles. The Morgan fingerprint density at radius 3 is 2.30 bits per heavy atom. The lowest BCUT2D eigenvalue weighted by molar-refractivity contribution is -0.153. The molecule has 1 unspecified atom stereocenters. The predicted octanol–water partition coefficient (Wildman–Crippen LogP) is 0.328. The van der Waals surface area contributed by atoms with Crippen LogP contribution in [0.2, 0.25) is 0 Å². The fourth-order valence-electron chi connectivity index (χ4n) is 3.01. The van der Waals surface area contributed by atoms with Crippen LogP contribution < -0.4 is 4.90 Å². The molecule has 2 fully saturated rings. The van der Waals surface area contributed by atoms with Crippen LogP contribution in [0.15, 0.2) is 12.1 Å². The molecule has 6 nitrogen and oxygen atoms in total. The standard InChI is InChI=1S/C15H16F2N2O4/c16-11-3-8(18-5-9(21)6-18)4-12(17)14(11)10-1-2-13(22)19(7-20)15(10)23/h3-4,9-10,20-21H,1-2,5-7H2. The van der Waals surface area contributed by atoms with E-state index in [1.807, 2.05) is 0 Å². The van der Waals surface area contributed by atoms with Gasteiger partial charge in [0.25, 0.3) is 0 Å². The van der Waals surface area contributed by atoms with E-state index in [0.717, 1.165) is 12.1 Å².